The van der Waals surface area contributed by atoms with Gasteiger partial charge in [0, 0.05) is 44.4 Å². The number of hydrogen-bond donors (Lipinski definition) is 3. The summed E-state index contributed by atoms with van der Waals surface area (Å²) >= 11 is 0. The number of fused-ring (bicyclic) bond motifs is 1. The van der Waals surface area contributed by atoms with Gasteiger partial charge in [-0.1, -0.05) is 24.6 Å². The Labute approximate surface area is 268 Å². The van der Waals surface area contributed by atoms with Crippen LogP contribution in [0, 0.1) is 12.8 Å². The van der Waals surface area contributed by atoms with Gasteiger partial charge < -0.3 is 30.1 Å². The van der Waals surface area contributed by atoms with Crippen LogP contribution in [0.1, 0.15) is 69.8 Å². The van der Waals surface area contributed by atoms with E-state index in [9.17, 15) is 23.1 Å². The maximum absolute atomic E-state index is 14.2. The molecule has 0 radical (unpaired) electrons. The predicted octanol–water partition coefficient (Wildman–Crippen LogP) is 4.64. The Kier molecular flexibility index (Phi) is 13.2. The molecule has 0 bridgehead atoms. The third kappa shape index (κ3) is 10.2. The van der Waals surface area contributed by atoms with Crippen molar-refractivity contribution in [3.05, 3.63) is 53.6 Å². The number of ether oxygens (including phenoxy) is 2. The molecule has 0 fully saturated rings. The van der Waals surface area contributed by atoms with Gasteiger partial charge in [0.1, 0.15) is 5.75 Å². The van der Waals surface area contributed by atoms with E-state index < -0.39 is 28.2 Å². The fourth-order valence-corrected chi connectivity index (χ4v) is 6.32. The number of aryl methyl sites for hydroxylation is 1. The summed E-state index contributed by atoms with van der Waals surface area (Å²) in [4.78, 5) is 28.4. The zero-order valence-corrected chi connectivity index (χ0v) is 28.4. The molecule has 0 saturated heterocycles. The number of amides is 3. The summed E-state index contributed by atoms with van der Waals surface area (Å²) in [6.45, 7) is 11.6. The summed E-state index contributed by atoms with van der Waals surface area (Å²) in [5.74, 6) is -0.295. The second kappa shape index (κ2) is 16.4. The summed E-state index contributed by atoms with van der Waals surface area (Å²) < 4.78 is 40.7. The fourth-order valence-electron chi connectivity index (χ4n) is 5.13. The number of aliphatic hydroxyl groups excluding tert-OH is 1. The van der Waals surface area contributed by atoms with Gasteiger partial charge >= 0.3 is 6.03 Å². The molecule has 0 aromatic heterocycles. The highest BCUT2D eigenvalue weighted by Gasteiger charge is 2.32. The second-order valence-electron chi connectivity index (χ2n) is 12.4. The molecule has 2 aromatic rings. The normalized spacial score (nSPS) is 21.1. The number of carbonyl (C=O) groups is 2. The number of carbonyl (C=O) groups excluding carboxylic acids is 2. The molecule has 0 unspecified atom stereocenters. The third-order valence-electron chi connectivity index (χ3n) is 7.90. The van der Waals surface area contributed by atoms with Crippen LogP contribution in [0.15, 0.2) is 47.4 Å². The van der Waals surface area contributed by atoms with E-state index in [1.807, 2.05) is 34.6 Å². The molecule has 1 heterocycles. The van der Waals surface area contributed by atoms with Crippen molar-refractivity contribution < 1.29 is 32.6 Å². The largest absolute Gasteiger partial charge is 0.490 e. The minimum atomic E-state index is -3.78. The van der Waals surface area contributed by atoms with Crippen LogP contribution in [0.2, 0.25) is 0 Å². The molecule has 0 aliphatic carbocycles. The van der Waals surface area contributed by atoms with Gasteiger partial charge in [0.05, 0.1) is 35.3 Å². The van der Waals surface area contributed by atoms with Gasteiger partial charge in [0.15, 0.2) is 0 Å². The van der Waals surface area contributed by atoms with Crippen molar-refractivity contribution in [1.29, 1.82) is 0 Å². The van der Waals surface area contributed by atoms with Crippen molar-refractivity contribution in [1.82, 2.24) is 14.5 Å². The van der Waals surface area contributed by atoms with Crippen molar-refractivity contribution in [2.24, 2.45) is 5.92 Å². The first-order valence-corrected chi connectivity index (χ1v) is 17.1. The van der Waals surface area contributed by atoms with Crippen molar-refractivity contribution in [3.8, 4) is 5.75 Å². The Morgan fingerprint density at radius 2 is 1.80 bits per heavy atom. The Balaban J connectivity index is 1.96. The molecule has 1 aliphatic rings. The maximum atomic E-state index is 14.2. The quantitative estimate of drug-likeness (QED) is 0.380. The van der Waals surface area contributed by atoms with Crippen LogP contribution >= 0.6 is 0 Å². The summed E-state index contributed by atoms with van der Waals surface area (Å²) in [5.41, 5.74) is 1.64. The topological polar surface area (TPSA) is 138 Å². The average Bonchev–Trinajstić information content (AvgIpc) is 2.98. The van der Waals surface area contributed by atoms with Gasteiger partial charge in [-0.15, -0.1) is 0 Å². The minimum Gasteiger partial charge on any atom is -0.490 e. The van der Waals surface area contributed by atoms with E-state index >= 15 is 0 Å². The monoisotopic (exact) mass is 646 g/mol. The summed E-state index contributed by atoms with van der Waals surface area (Å²) in [7, 11) is -2.24. The standard InChI is InChI=1S/C33H50N4O7S/c1-22(2)34-33(40)35-27-13-16-30-29(18-27)32(39)37(25(5)21-38)19-24(4)31(43-17-9-8-10-26(6)44-30)20-36(7)45(41,42)28-14-11-23(3)12-15-28/h11-16,18,22,24-26,31,38H,8-10,17,19-21H2,1-7H3,(H2,34,35,40)/t24-,25-,26+,31+/m1/s1. The van der Waals surface area contributed by atoms with E-state index in [0.717, 1.165) is 18.4 Å². The molecule has 2 aromatic carbocycles. The number of aliphatic hydroxyl groups is 1. The van der Waals surface area contributed by atoms with Gasteiger partial charge in [0.2, 0.25) is 10.0 Å². The van der Waals surface area contributed by atoms with Crippen molar-refractivity contribution >= 4 is 27.6 Å². The average molecular weight is 647 g/mol. The van der Waals surface area contributed by atoms with E-state index in [0.29, 0.717) is 24.5 Å². The molecule has 4 atom stereocenters. The van der Waals surface area contributed by atoms with Gasteiger partial charge in [-0.05, 0) is 84.2 Å². The molecule has 1 aliphatic heterocycles. The van der Waals surface area contributed by atoms with Crippen molar-refractivity contribution in [3.63, 3.8) is 0 Å². The summed E-state index contributed by atoms with van der Waals surface area (Å²) in [6.07, 6.45) is 1.55. The molecule has 11 nitrogen and oxygen atoms in total. The molecule has 250 valence electrons. The summed E-state index contributed by atoms with van der Waals surface area (Å²) in [6, 6.07) is 10.7. The van der Waals surface area contributed by atoms with Crippen molar-refractivity contribution in [2.75, 3.05) is 38.7 Å². The van der Waals surface area contributed by atoms with Gasteiger partial charge in [-0.25, -0.2) is 13.2 Å². The fraction of sp³-hybridized carbons (Fsp3) is 0.576. The number of nitrogens with one attached hydrogen (secondary N) is 2. The van der Waals surface area contributed by atoms with E-state index in [4.69, 9.17) is 9.47 Å². The van der Waals surface area contributed by atoms with Gasteiger partial charge in [-0.2, -0.15) is 4.31 Å². The third-order valence-corrected chi connectivity index (χ3v) is 9.73. The Hall–Kier alpha value is -3.19. The highest BCUT2D eigenvalue weighted by Crippen LogP contribution is 2.29. The number of benzene rings is 2. The molecular weight excluding hydrogens is 596 g/mol. The first-order chi connectivity index (χ1) is 21.2. The van der Waals surface area contributed by atoms with E-state index in [1.165, 1.54) is 11.4 Å². The first-order valence-electron chi connectivity index (χ1n) is 15.7. The lowest BCUT2D eigenvalue weighted by molar-refractivity contribution is -0.00833. The molecule has 3 amide bonds. The number of hydrogen-bond acceptors (Lipinski definition) is 7. The Morgan fingerprint density at radius 1 is 1.11 bits per heavy atom. The SMILES string of the molecule is Cc1ccc(S(=O)(=O)N(C)C[C@@H]2OCCCC[C@H](C)Oc3ccc(NC(=O)NC(C)C)cc3C(=O)N([C@H](C)CO)C[C@H]2C)cc1. The van der Waals surface area contributed by atoms with Gasteiger partial charge in [-0.3, -0.25) is 4.79 Å². The van der Waals surface area contributed by atoms with Crippen LogP contribution in [-0.4, -0.2) is 92.3 Å². The highest BCUT2D eigenvalue weighted by atomic mass is 32.2. The highest BCUT2D eigenvalue weighted by molar-refractivity contribution is 7.89. The van der Waals surface area contributed by atoms with Crippen LogP contribution in [0.25, 0.3) is 0 Å². The number of urea groups is 1. The molecule has 3 N–H and O–H groups in total. The lowest BCUT2D eigenvalue weighted by Gasteiger charge is -2.35. The van der Waals surface area contributed by atoms with Crippen LogP contribution in [-0.2, 0) is 14.8 Å². The first kappa shape index (κ1) is 36.3. The van der Waals surface area contributed by atoms with Gasteiger partial charge in [0.25, 0.3) is 5.91 Å². The Bertz CT molecular complexity index is 1380. The molecule has 0 spiro atoms. The number of rotatable bonds is 8. The number of anilines is 1. The van der Waals surface area contributed by atoms with E-state index in [2.05, 4.69) is 10.6 Å². The number of likely N-dealkylation sites (N-methyl/N-ethyl adjacent to an activating group) is 1. The maximum Gasteiger partial charge on any atom is 0.319 e. The lowest BCUT2D eigenvalue weighted by Crippen LogP contribution is -2.48. The summed E-state index contributed by atoms with van der Waals surface area (Å²) in [5, 5.41) is 15.7. The van der Waals surface area contributed by atoms with Crippen LogP contribution < -0.4 is 15.4 Å². The zero-order valence-electron chi connectivity index (χ0n) is 27.6. The molecule has 0 saturated carbocycles. The van der Waals surface area contributed by atoms with Crippen LogP contribution in [0.4, 0.5) is 10.5 Å². The van der Waals surface area contributed by atoms with Crippen LogP contribution in [0.5, 0.6) is 5.75 Å². The predicted molar refractivity (Wildman–Crippen MR) is 175 cm³/mol. The smallest absolute Gasteiger partial charge is 0.319 e. The second-order valence-corrected chi connectivity index (χ2v) is 14.4. The van der Waals surface area contributed by atoms with Crippen LogP contribution in [0.3, 0.4) is 0 Å². The molecule has 12 heteroatoms. The van der Waals surface area contributed by atoms with Crippen molar-refractivity contribution in [2.45, 2.75) is 90.0 Å². The number of nitrogens with zero attached hydrogens (tertiary/aromatic N) is 2. The molecular formula is C33H50N4O7S. The molecule has 3 rings (SSSR count). The Morgan fingerprint density at radius 3 is 2.44 bits per heavy atom. The lowest BCUT2D eigenvalue weighted by atomic mass is 10.0. The minimum absolute atomic E-state index is 0.0726. The van der Waals surface area contributed by atoms with E-state index in [1.54, 1.807) is 54.3 Å². The zero-order chi connectivity index (χ0) is 33.3. The molecule has 45 heavy (non-hydrogen) atoms. The van der Waals surface area contributed by atoms with E-state index in [-0.39, 0.29) is 54.1 Å². The number of sulfonamides is 1.